The summed E-state index contributed by atoms with van der Waals surface area (Å²) in [4.78, 5) is 4.80. The zero-order valence-corrected chi connectivity index (χ0v) is 9.55. The van der Waals surface area contributed by atoms with Crippen LogP contribution in [0.4, 0.5) is 5.69 Å². The Hall–Kier alpha value is -1.44. The zero-order chi connectivity index (χ0) is 10.8. The highest BCUT2D eigenvalue weighted by Gasteiger charge is 2.24. The van der Waals surface area contributed by atoms with Crippen molar-refractivity contribution in [3.05, 3.63) is 42.7 Å². The molecule has 2 aliphatic rings. The van der Waals surface area contributed by atoms with E-state index in [2.05, 4.69) is 52.5 Å². The summed E-state index contributed by atoms with van der Waals surface area (Å²) in [6.07, 6.45) is 10.00. The van der Waals surface area contributed by atoms with E-state index >= 15 is 0 Å². The summed E-state index contributed by atoms with van der Waals surface area (Å²) in [7, 11) is 0. The van der Waals surface area contributed by atoms with Gasteiger partial charge in [-0.15, -0.1) is 0 Å². The van der Waals surface area contributed by atoms with Crippen molar-refractivity contribution in [2.75, 3.05) is 11.6 Å². The average Bonchev–Trinajstić information content (AvgIpc) is 3.01. The lowest BCUT2D eigenvalue weighted by atomic mass is 10.2. The second-order valence-corrected chi connectivity index (χ2v) is 4.70. The standard InChI is InChI=1S/C14H18N2/c1-2-6-13(7-3-1)15-10-11-16(12-15)14-8-4-5-9-14/h1-3,6-7,10-11,14H,4-5,8-9,12H2. The van der Waals surface area contributed by atoms with Crippen LogP contribution in [-0.2, 0) is 0 Å². The maximum atomic E-state index is 2.49. The van der Waals surface area contributed by atoms with Crippen LogP contribution in [-0.4, -0.2) is 17.6 Å². The van der Waals surface area contributed by atoms with Crippen LogP contribution < -0.4 is 4.90 Å². The molecule has 0 spiro atoms. The molecule has 0 unspecified atom stereocenters. The molecule has 1 fully saturated rings. The minimum atomic E-state index is 0.782. The first-order valence-electron chi connectivity index (χ1n) is 6.19. The summed E-state index contributed by atoms with van der Waals surface area (Å²) in [6.45, 7) is 1.02. The van der Waals surface area contributed by atoms with Gasteiger partial charge in [-0.05, 0) is 25.0 Å². The van der Waals surface area contributed by atoms with Gasteiger partial charge in [-0.3, -0.25) is 0 Å². The predicted molar refractivity (Wildman–Crippen MR) is 67.0 cm³/mol. The lowest BCUT2D eigenvalue weighted by Gasteiger charge is -2.26. The number of anilines is 1. The molecule has 0 amide bonds. The molecule has 0 aromatic heterocycles. The van der Waals surface area contributed by atoms with E-state index in [1.807, 2.05) is 0 Å². The molecule has 0 N–H and O–H groups in total. The van der Waals surface area contributed by atoms with Crippen LogP contribution >= 0.6 is 0 Å². The number of para-hydroxylation sites is 1. The fraction of sp³-hybridized carbons (Fsp3) is 0.429. The Morgan fingerprint density at radius 3 is 2.44 bits per heavy atom. The molecule has 84 valence electrons. The highest BCUT2D eigenvalue weighted by molar-refractivity contribution is 5.49. The molecule has 0 saturated heterocycles. The molecule has 0 radical (unpaired) electrons. The highest BCUT2D eigenvalue weighted by Crippen LogP contribution is 2.27. The van der Waals surface area contributed by atoms with E-state index in [4.69, 9.17) is 0 Å². The third-order valence-electron chi connectivity index (χ3n) is 3.64. The van der Waals surface area contributed by atoms with E-state index in [9.17, 15) is 0 Å². The first-order chi connectivity index (χ1) is 7.93. The second-order valence-electron chi connectivity index (χ2n) is 4.70. The monoisotopic (exact) mass is 214 g/mol. The molecule has 1 aliphatic heterocycles. The van der Waals surface area contributed by atoms with Gasteiger partial charge in [0.2, 0.25) is 0 Å². The van der Waals surface area contributed by atoms with E-state index < -0.39 is 0 Å². The maximum absolute atomic E-state index is 2.49. The Morgan fingerprint density at radius 2 is 1.69 bits per heavy atom. The van der Waals surface area contributed by atoms with Crippen molar-refractivity contribution in [3.8, 4) is 0 Å². The van der Waals surface area contributed by atoms with Crippen molar-refractivity contribution < 1.29 is 0 Å². The summed E-state index contributed by atoms with van der Waals surface area (Å²) in [5.41, 5.74) is 1.29. The Bertz CT molecular complexity index is 366. The van der Waals surface area contributed by atoms with Crippen LogP contribution in [0.15, 0.2) is 42.7 Å². The normalized spacial score (nSPS) is 21.0. The summed E-state index contributed by atoms with van der Waals surface area (Å²) in [5.74, 6) is 0. The summed E-state index contributed by atoms with van der Waals surface area (Å²) in [5, 5.41) is 0. The average molecular weight is 214 g/mol. The number of nitrogens with zero attached hydrogens (tertiary/aromatic N) is 2. The smallest absolute Gasteiger partial charge is 0.0944 e. The van der Waals surface area contributed by atoms with Crippen molar-refractivity contribution in [1.82, 2.24) is 4.90 Å². The van der Waals surface area contributed by atoms with Gasteiger partial charge < -0.3 is 9.80 Å². The SMILES string of the molecule is C1=CN(C2CCCC2)CN1c1ccccc1. The van der Waals surface area contributed by atoms with E-state index in [0.717, 1.165) is 12.7 Å². The molecular weight excluding hydrogens is 196 g/mol. The highest BCUT2D eigenvalue weighted by atomic mass is 15.4. The molecule has 2 heteroatoms. The molecule has 1 saturated carbocycles. The molecule has 0 bridgehead atoms. The Balaban J connectivity index is 1.68. The second kappa shape index (κ2) is 4.20. The van der Waals surface area contributed by atoms with Crippen molar-refractivity contribution in [1.29, 1.82) is 0 Å². The van der Waals surface area contributed by atoms with Gasteiger partial charge >= 0.3 is 0 Å². The van der Waals surface area contributed by atoms with Gasteiger partial charge in [-0.2, -0.15) is 0 Å². The van der Waals surface area contributed by atoms with E-state index in [0.29, 0.717) is 0 Å². The molecule has 1 heterocycles. The lowest BCUT2D eigenvalue weighted by molar-refractivity contribution is 0.301. The third kappa shape index (κ3) is 1.80. The minimum Gasteiger partial charge on any atom is -0.355 e. The van der Waals surface area contributed by atoms with Gasteiger partial charge in [0.05, 0.1) is 6.67 Å². The molecule has 2 nitrogen and oxygen atoms in total. The first-order valence-corrected chi connectivity index (χ1v) is 6.19. The molecule has 16 heavy (non-hydrogen) atoms. The van der Waals surface area contributed by atoms with Gasteiger partial charge in [0.15, 0.2) is 0 Å². The fourth-order valence-electron chi connectivity index (χ4n) is 2.70. The van der Waals surface area contributed by atoms with Crippen LogP contribution in [0.3, 0.4) is 0 Å². The maximum Gasteiger partial charge on any atom is 0.0944 e. The molecule has 1 aliphatic carbocycles. The Labute approximate surface area is 97.2 Å². The molecule has 0 atom stereocenters. The van der Waals surface area contributed by atoms with Crippen LogP contribution in [0.1, 0.15) is 25.7 Å². The van der Waals surface area contributed by atoms with Crippen LogP contribution in [0.25, 0.3) is 0 Å². The lowest BCUT2D eigenvalue weighted by Crippen LogP contribution is -2.32. The third-order valence-corrected chi connectivity index (χ3v) is 3.64. The molecule has 1 aromatic carbocycles. The van der Waals surface area contributed by atoms with Crippen LogP contribution in [0.5, 0.6) is 0 Å². The molecule has 3 rings (SSSR count). The van der Waals surface area contributed by atoms with Gasteiger partial charge in [-0.1, -0.05) is 31.0 Å². The van der Waals surface area contributed by atoms with Crippen molar-refractivity contribution in [2.45, 2.75) is 31.7 Å². The van der Waals surface area contributed by atoms with Gasteiger partial charge in [0.1, 0.15) is 0 Å². The van der Waals surface area contributed by atoms with E-state index in [1.54, 1.807) is 0 Å². The largest absolute Gasteiger partial charge is 0.355 e. The summed E-state index contributed by atoms with van der Waals surface area (Å²) < 4.78 is 0. The summed E-state index contributed by atoms with van der Waals surface area (Å²) >= 11 is 0. The Morgan fingerprint density at radius 1 is 0.938 bits per heavy atom. The van der Waals surface area contributed by atoms with Crippen molar-refractivity contribution in [2.24, 2.45) is 0 Å². The zero-order valence-electron chi connectivity index (χ0n) is 9.55. The number of rotatable bonds is 2. The molecule has 1 aromatic rings. The van der Waals surface area contributed by atoms with Crippen LogP contribution in [0.2, 0.25) is 0 Å². The number of benzene rings is 1. The van der Waals surface area contributed by atoms with E-state index in [-0.39, 0.29) is 0 Å². The van der Waals surface area contributed by atoms with Gasteiger partial charge in [0.25, 0.3) is 0 Å². The number of hydrogen-bond donors (Lipinski definition) is 0. The summed E-state index contributed by atoms with van der Waals surface area (Å²) in [6, 6.07) is 11.4. The number of hydrogen-bond acceptors (Lipinski definition) is 2. The predicted octanol–water partition coefficient (Wildman–Crippen LogP) is 3.18. The van der Waals surface area contributed by atoms with Crippen LogP contribution in [0, 0.1) is 0 Å². The minimum absolute atomic E-state index is 0.782. The first kappa shape index (κ1) is 9.76. The topological polar surface area (TPSA) is 6.48 Å². The van der Waals surface area contributed by atoms with Crippen molar-refractivity contribution >= 4 is 5.69 Å². The molecular formula is C14H18N2. The van der Waals surface area contributed by atoms with Gasteiger partial charge in [-0.25, -0.2) is 0 Å². The van der Waals surface area contributed by atoms with E-state index in [1.165, 1.54) is 31.4 Å². The Kier molecular flexibility index (Phi) is 2.56. The fourth-order valence-corrected chi connectivity index (χ4v) is 2.70. The van der Waals surface area contributed by atoms with Crippen molar-refractivity contribution in [3.63, 3.8) is 0 Å². The quantitative estimate of drug-likeness (QED) is 0.746. The van der Waals surface area contributed by atoms with Gasteiger partial charge in [0, 0.05) is 24.1 Å².